The summed E-state index contributed by atoms with van der Waals surface area (Å²) in [5, 5.41) is 0. The molecule has 0 amide bonds. The lowest BCUT2D eigenvalue weighted by Gasteiger charge is -2.33. The fourth-order valence-corrected chi connectivity index (χ4v) is 4.40. The minimum Gasteiger partial charge on any atom is -0.491 e. The van der Waals surface area contributed by atoms with Crippen LogP contribution in [0, 0.1) is 12.3 Å². The van der Waals surface area contributed by atoms with Gasteiger partial charge in [0.2, 0.25) is 0 Å². The minimum absolute atomic E-state index is 0.0342. The van der Waals surface area contributed by atoms with Crippen LogP contribution in [0.4, 0.5) is 0 Å². The minimum atomic E-state index is -3.75. The van der Waals surface area contributed by atoms with Crippen LogP contribution in [0.5, 0.6) is 5.75 Å². The first-order valence-electron chi connectivity index (χ1n) is 9.59. The molecule has 154 valence electrons. The highest BCUT2D eigenvalue weighted by Gasteiger charge is 2.27. The largest absolute Gasteiger partial charge is 0.491 e. The number of benzene rings is 2. The lowest BCUT2D eigenvalue weighted by Crippen LogP contribution is -2.24. The third-order valence-electron chi connectivity index (χ3n) is 4.51. The standard InChI is InChI=1S/C23H32O4S/c1-18-7-13-21(14-8-18)28(24,25)27-16-15-26-20-11-9-19(10-12-20)23(5,6)17-22(2,3)4/h7-14H,15-17H2,1-6H3. The number of aryl methyl sites for hydroxylation is 1. The predicted octanol–water partition coefficient (Wildman–Crippen LogP) is 5.49. The van der Waals surface area contributed by atoms with E-state index in [9.17, 15) is 8.42 Å². The van der Waals surface area contributed by atoms with E-state index in [0.29, 0.717) is 5.75 Å². The van der Waals surface area contributed by atoms with Crippen LogP contribution in [-0.4, -0.2) is 21.6 Å². The quantitative estimate of drug-likeness (QED) is 0.431. The van der Waals surface area contributed by atoms with Gasteiger partial charge in [-0.05, 0) is 54.0 Å². The molecule has 0 bridgehead atoms. The molecule has 0 radical (unpaired) electrons. The van der Waals surface area contributed by atoms with E-state index in [0.717, 1.165) is 12.0 Å². The van der Waals surface area contributed by atoms with Crippen molar-refractivity contribution in [3.8, 4) is 5.75 Å². The van der Waals surface area contributed by atoms with Gasteiger partial charge in [-0.25, -0.2) is 0 Å². The van der Waals surface area contributed by atoms with Crippen molar-refractivity contribution in [1.29, 1.82) is 0 Å². The van der Waals surface area contributed by atoms with Gasteiger partial charge in [0.25, 0.3) is 10.1 Å². The Labute approximate surface area is 170 Å². The van der Waals surface area contributed by atoms with Gasteiger partial charge in [-0.2, -0.15) is 8.42 Å². The number of ether oxygens (including phenoxy) is 1. The van der Waals surface area contributed by atoms with Crippen molar-refractivity contribution in [2.75, 3.05) is 13.2 Å². The van der Waals surface area contributed by atoms with Crippen LogP contribution in [0.25, 0.3) is 0 Å². The summed E-state index contributed by atoms with van der Waals surface area (Å²) in [6, 6.07) is 14.6. The second-order valence-corrected chi connectivity index (χ2v) is 10.7. The number of rotatable bonds is 8. The van der Waals surface area contributed by atoms with E-state index >= 15 is 0 Å². The van der Waals surface area contributed by atoms with E-state index in [1.165, 1.54) is 5.56 Å². The molecule has 0 aromatic heterocycles. The van der Waals surface area contributed by atoms with Crippen LogP contribution in [-0.2, 0) is 19.7 Å². The van der Waals surface area contributed by atoms with Crippen molar-refractivity contribution < 1.29 is 17.3 Å². The first-order chi connectivity index (χ1) is 12.9. The molecule has 0 N–H and O–H groups in total. The molecule has 0 saturated heterocycles. The third-order valence-corrected chi connectivity index (χ3v) is 5.83. The van der Waals surface area contributed by atoms with E-state index < -0.39 is 10.1 Å². The molecular formula is C23H32O4S. The normalized spacial score (nSPS) is 12.8. The Balaban J connectivity index is 1.87. The van der Waals surface area contributed by atoms with Gasteiger partial charge in [0, 0.05) is 0 Å². The third kappa shape index (κ3) is 6.64. The Bertz CT molecular complexity index is 858. The van der Waals surface area contributed by atoms with Crippen LogP contribution < -0.4 is 4.74 Å². The summed E-state index contributed by atoms with van der Waals surface area (Å²) >= 11 is 0. The molecule has 2 aromatic carbocycles. The zero-order valence-corrected chi connectivity index (χ0v) is 18.6. The zero-order valence-electron chi connectivity index (χ0n) is 17.8. The Morgan fingerprint density at radius 3 is 1.93 bits per heavy atom. The number of hydrogen-bond donors (Lipinski definition) is 0. The molecule has 0 unspecified atom stereocenters. The zero-order chi connectivity index (χ0) is 21.0. The predicted molar refractivity (Wildman–Crippen MR) is 113 cm³/mol. The van der Waals surface area contributed by atoms with Crippen LogP contribution in [0.1, 0.15) is 52.2 Å². The average Bonchev–Trinajstić information content (AvgIpc) is 2.57. The smallest absolute Gasteiger partial charge is 0.297 e. The van der Waals surface area contributed by atoms with Crippen LogP contribution in [0.15, 0.2) is 53.4 Å². The van der Waals surface area contributed by atoms with Crippen molar-refractivity contribution in [2.45, 2.75) is 58.3 Å². The van der Waals surface area contributed by atoms with Gasteiger partial charge in [-0.1, -0.05) is 64.4 Å². The molecule has 0 heterocycles. The average molecular weight is 405 g/mol. The maximum atomic E-state index is 12.1. The lowest BCUT2D eigenvalue weighted by molar-refractivity contribution is 0.221. The van der Waals surface area contributed by atoms with Gasteiger partial charge in [0.1, 0.15) is 19.0 Å². The van der Waals surface area contributed by atoms with E-state index in [2.05, 4.69) is 46.8 Å². The van der Waals surface area contributed by atoms with E-state index in [4.69, 9.17) is 8.92 Å². The van der Waals surface area contributed by atoms with E-state index in [-0.39, 0.29) is 28.9 Å². The summed E-state index contributed by atoms with van der Waals surface area (Å²) in [6.07, 6.45) is 1.07. The maximum Gasteiger partial charge on any atom is 0.297 e. The maximum absolute atomic E-state index is 12.1. The first-order valence-corrected chi connectivity index (χ1v) is 11.0. The molecule has 4 nitrogen and oxygen atoms in total. The fraction of sp³-hybridized carbons (Fsp3) is 0.478. The molecule has 0 saturated carbocycles. The molecular weight excluding hydrogens is 372 g/mol. The summed E-state index contributed by atoms with van der Waals surface area (Å²) in [5.74, 6) is 0.701. The molecule has 0 spiro atoms. The Morgan fingerprint density at radius 1 is 0.821 bits per heavy atom. The van der Waals surface area contributed by atoms with Crippen LogP contribution >= 0.6 is 0 Å². The van der Waals surface area contributed by atoms with Crippen molar-refractivity contribution in [1.82, 2.24) is 0 Å². The summed E-state index contributed by atoms with van der Waals surface area (Å²) in [7, 11) is -3.75. The molecule has 5 heteroatoms. The molecule has 2 aromatic rings. The van der Waals surface area contributed by atoms with Gasteiger partial charge in [-0.15, -0.1) is 0 Å². The molecule has 0 fully saturated rings. The highest BCUT2D eigenvalue weighted by molar-refractivity contribution is 7.86. The number of hydrogen-bond acceptors (Lipinski definition) is 4. The van der Waals surface area contributed by atoms with E-state index in [1.807, 2.05) is 19.1 Å². The van der Waals surface area contributed by atoms with E-state index in [1.54, 1.807) is 24.3 Å². The molecule has 0 aliphatic heterocycles. The monoisotopic (exact) mass is 404 g/mol. The van der Waals surface area contributed by atoms with Crippen molar-refractivity contribution in [2.24, 2.45) is 5.41 Å². The van der Waals surface area contributed by atoms with Gasteiger partial charge in [0.05, 0.1) is 4.90 Å². The summed E-state index contributed by atoms with van der Waals surface area (Å²) in [5.41, 5.74) is 2.57. The highest BCUT2D eigenvalue weighted by Crippen LogP contribution is 2.36. The van der Waals surface area contributed by atoms with Crippen molar-refractivity contribution in [3.63, 3.8) is 0 Å². The van der Waals surface area contributed by atoms with Gasteiger partial charge in [-0.3, -0.25) is 4.18 Å². The van der Waals surface area contributed by atoms with Gasteiger partial charge < -0.3 is 4.74 Å². The molecule has 28 heavy (non-hydrogen) atoms. The van der Waals surface area contributed by atoms with Gasteiger partial charge >= 0.3 is 0 Å². The Hall–Kier alpha value is -1.85. The second-order valence-electron chi connectivity index (χ2n) is 9.08. The molecule has 2 rings (SSSR count). The Kier molecular flexibility index (Phi) is 6.94. The summed E-state index contributed by atoms with van der Waals surface area (Å²) < 4.78 is 35.0. The summed E-state index contributed by atoms with van der Waals surface area (Å²) in [4.78, 5) is 0.156. The fourth-order valence-electron chi connectivity index (χ4n) is 3.51. The SMILES string of the molecule is Cc1ccc(S(=O)(=O)OCCOc2ccc(C(C)(C)CC(C)(C)C)cc2)cc1. The lowest BCUT2D eigenvalue weighted by atomic mass is 9.72. The second kappa shape index (κ2) is 8.66. The van der Waals surface area contributed by atoms with Crippen molar-refractivity contribution >= 4 is 10.1 Å². The molecule has 0 atom stereocenters. The van der Waals surface area contributed by atoms with Crippen LogP contribution in [0.2, 0.25) is 0 Å². The first kappa shape index (κ1) is 22.4. The van der Waals surface area contributed by atoms with Crippen LogP contribution in [0.3, 0.4) is 0 Å². The Morgan fingerprint density at radius 2 is 1.39 bits per heavy atom. The summed E-state index contributed by atoms with van der Waals surface area (Å²) in [6.45, 7) is 13.3. The van der Waals surface area contributed by atoms with Gasteiger partial charge in [0.15, 0.2) is 0 Å². The highest BCUT2D eigenvalue weighted by atomic mass is 32.2. The molecule has 0 aliphatic rings. The topological polar surface area (TPSA) is 52.6 Å². The molecule has 0 aliphatic carbocycles. The van der Waals surface area contributed by atoms with Crippen molar-refractivity contribution in [3.05, 3.63) is 59.7 Å².